The van der Waals surface area contributed by atoms with E-state index in [0.717, 1.165) is 5.56 Å². The van der Waals surface area contributed by atoms with Crippen LogP contribution in [-0.4, -0.2) is 38.7 Å². The summed E-state index contributed by atoms with van der Waals surface area (Å²) in [6.45, 7) is 0.481. The van der Waals surface area contributed by atoms with Gasteiger partial charge in [0.15, 0.2) is 5.84 Å². The number of rotatable bonds is 4. The standard InChI is InChI=1S/C14H17N5O2/c1-18(8-10-7-16-19(2)9-10)14(20)12-5-3-11(4-6-12)13(15)17-21/h3-7,9,21H,8H2,1-2H3,(H2,15,17). The first-order chi connectivity index (χ1) is 10.0. The van der Waals surface area contributed by atoms with Crippen molar-refractivity contribution in [1.82, 2.24) is 14.7 Å². The topological polar surface area (TPSA) is 96.7 Å². The number of nitrogens with zero attached hydrogens (tertiary/aromatic N) is 4. The average molecular weight is 287 g/mol. The Balaban J connectivity index is 2.08. The molecular weight excluding hydrogens is 270 g/mol. The molecule has 21 heavy (non-hydrogen) atoms. The van der Waals surface area contributed by atoms with Crippen LogP contribution in [0.25, 0.3) is 0 Å². The summed E-state index contributed by atoms with van der Waals surface area (Å²) in [5.41, 5.74) is 7.54. The van der Waals surface area contributed by atoms with Crippen molar-refractivity contribution in [2.45, 2.75) is 6.54 Å². The minimum atomic E-state index is -0.107. The molecule has 0 aliphatic carbocycles. The molecule has 0 radical (unpaired) electrons. The number of carbonyl (C=O) groups is 1. The average Bonchev–Trinajstić information content (AvgIpc) is 2.90. The monoisotopic (exact) mass is 287 g/mol. The molecule has 2 aromatic rings. The van der Waals surface area contributed by atoms with Crippen LogP contribution in [-0.2, 0) is 13.6 Å². The molecule has 0 aliphatic heterocycles. The largest absolute Gasteiger partial charge is 0.409 e. The quantitative estimate of drug-likeness (QED) is 0.376. The molecule has 0 saturated carbocycles. The Morgan fingerprint density at radius 2 is 2.00 bits per heavy atom. The molecule has 2 rings (SSSR count). The number of aryl methyl sites for hydroxylation is 1. The molecule has 0 bridgehead atoms. The van der Waals surface area contributed by atoms with Gasteiger partial charge in [-0.2, -0.15) is 5.10 Å². The number of carbonyl (C=O) groups excluding carboxylic acids is 1. The summed E-state index contributed by atoms with van der Waals surface area (Å²) in [5, 5.41) is 15.6. The van der Waals surface area contributed by atoms with Gasteiger partial charge in [0.1, 0.15) is 0 Å². The SMILES string of the molecule is CN(Cc1cnn(C)c1)C(=O)c1ccc(C(N)=NO)cc1. The Hall–Kier alpha value is -2.83. The fraction of sp³-hybridized carbons (Fsp3) is 0.214. The molecule has 0 fully saturated rings. The maximum absolute atomic E-state index is 12.3. The van der Waals surface area contributed by atoms with Gasteiger partial charge >= 0.3 is 0 Å². The lowest BCUT2D eigenvalue weighted by molar-refractivity contribution is 0.0785. The molecule has 0 unspecified atom stereocenters. The van der Waals surface area contributed by atoms with Crippen LogP contribution in [0.1, 0.15) is 21.5 Å². The van der Waals surface area contributed by atoms with Crippen molar-refractivity contribution in [1.29, 1.82) is 0 Å². The molecule has 110 valence electrons. The van der Waals surface area contributed by atoms with Crippen molar-refractivity contribution < 1.29 is 10.0 Å². The highest BCUT2D eigenvalue weighted by molar-refractivity contribution is 5.99. The van der Waals surface area contributed by atoms with E-state index >= 15 is 0 Å². The Kier molecular flexibility index (Phi) is 4.22. The van der Waals surface area contributed by atoms with E-state index in [-0.39, 0.29) is 11.7 Å². The molecule has 7 heteroatoms. The lowest BCUT2D eigenvalue weighted by atomic mass is 10.1. The fourth-order valence-electron chi connectivity index (χ4n) is 1.96. The second kappa shape index (κ2) is 6.08. The van der Waals surface area contributed by atoms with Crippen LogP contribution in [0.2, 0.25) is 0 Å². The van der Waals surface area contributed by atoms with E-state index in [9.17, 15) is 4.79 Å². The summed E-state index contributed by atoms with van der Waals surface area (Å²) in [7, 11) is 3.56. The maximum Gasteiger partial charge on any atom is 0.253 e. The minimum Gasteiger partial charge on any atom is -0.409 e. The van der Waals surface area contributed by atoms with E-state index in [1.807, 2.05) is 13.2 Å². The van der Waals surface area contributed by atoms with Crippen LogP contribution >= 0.6 is 0 Å². The molecule has 0 aliphatic rings. The second-order valence-electron chi connectivity index (χ2n) is 4.75. The lowest BCUT2D eigenvalue weighted by Crippen LogP contribution is -2.26. The van der Waals surface area contributed by atoms with Gasteiger partial charge in [0.05, 0.1) is 6.20 Å². The number of amides is 1. The van der Waals surface area contributed by atoms with E-state index in [4.69, 9.17) is 10.9 Å². The van der Waals surface area contributed by atoms with Gasteiger partial charge in [-0.05, 0) is 12.1 Å². The Morgan fingerprint density at radius 1 is 1.38 bits per heavy atom. The first kappa shape index (κ1) is 14.6. The summed E-state index contributed by atoms with van der Waals surface area (Å²) < 4.78 is 1.69. The molecule has 0 atom stereocenters. The summed E-state index contributed by atoms with van der Waals surface area (Å²) in [4.78, 5) is 13.9. The highest BCUT2D eigenvalue weighted by Crippen LogP contribution is 2.09. The number of hydrogen-bond acceptors (Lipinski definition) is 4. The third-order valence-corrected chi connectivity index (χ3v) is 3.06. The molecule has 7 nitrogen and oxygen atoms in total. The molecule has 3 N–H and O–H groups in total. The van der Waals surface area contributed by atoms with Crippen molar-refractivity contribution in [3.63, 3.8) is 0 Å². The van der Waals surface area contributed by atoms with Crippen LogP contribution in [0, 0.1) is 0 Å². The summed E-state index contributed by atoms with van der Waals surface area (Å²) >= 11 is 0. The molecule has 1 aromatic carbocycles. The summed E-state index contributed by atoms with van der Waals surface area (Å²) in [6, 6.07) is 6.57. The van der Waals surface area contributed by atoms with Gasteiger partial charge in [-0.25, -0.2) is 0 Å². The number of oxime groups is 1. The molecule has 0 spiro atoms. The van der Waals surface area contributed by atoms with Crippen molar-refractivity contribution in [2.75, 3.05) is 7.05 Å². The van der Waals surface area contributed by atoms with E-state index in [0.29, 0.717) is 17.7 Å². The second-order valence-corrected chi connectivity index (χ2v) is 4.75. The van der Waals surface area contributed by atoms with Gasteiger partial charge in [0.2, 0.25) is 0 Å². The van der Waals surface area contributed by atoms with Gasteiger partial charge < -0.3 is 15.8 Å². The van der Waals surface area contributed by atoms with Crippen LogP contribution in [0.4, 0.5) is 0 Å². The predicted octanol–water partition coefficient (Wildman–Crippen LogP) is 0.787. The van der Waals surface area contributed by atoms with E-state index in [2.05, 4.69) is 10.3 Å². The van der Waals surface area contributed by atoms with Crippen molar-refractivity contribution in [2.24, 2.45) is 17.9 Å². The van der Waals surface area contributed by atoms with Gasteiger partial charge in [-0.3, -0.25) is 9.48 Å². The highest BCUT2D eigenvalue weighted by atomic mass is 16.4. The summed E-state index contributed by atoms with van der Waals surface area (Å²) in [5.74, 6) is -0.0948. The minimum absolute atomic E-state index is 0.0118. The number of aromatic nitrogens is 2. The number of benzene rings is 1. The van der Waals surface area contributed by atoms with E-state index < -0.39 is 0 Å². The number of nitrogens with two attached hydrogens (primary N) is 1. The fourth-order valence-corrected chi connectivity index (χ4v) is 1.96. The van der Waals surface area contributed by atoms with Crippen molar-refractivity contribution >= 4 is 11.7 Å². The molecule has 1 aromatic heterocycles. The van der Waals surface area contributed by atoms with Crippen LogP contribution in [0.15, 0.2) is 41.8 Å². The van der Waals surface area contributed by atoms with Crippen molar-refractivity contribution in [3.05, 3.63) is 53.3 Å². The van der Waals surface area contributed by atoms with Gasteiger partial charge in [0, 0.05) is 43.5 Å². The Bertz CT molecular complexity index is 660. The third-order valence-electron chi connectivity index (χ3n) is 3.06. The third kappa shape index (κ3) is 3.38. The molecular formula is C14H17N5O2. The Labute approximate surface area is 122 Å². The zero-order chi connectivity index (χ0) is 15.4. The smallest absolute Gasteiger partial charge is 0.253 e. The molecule has 1 amide bonds. The molecule has 0 saturated heterocycles. The predicted molar refractivity (Wildman–Crippen MR) is 78.0 cm³/mol. The molecule has 1 heterocycles. The highest BCUT2D eigenvalue weighted by Gasteiger charge is 2.13. The van der Waals surface area contributed by atoms with Gasteiger partial charge in [-0.1, -0.05) is 17.3 Å². The first-order valence-electron chi connectivity index (χ1n) is 6.32. The van der Waals surface area contributed by atoms with Gasteiger partial charge in [0.25, 0.3) is 5.91 Å². The number of hydrogen-bond donors (Lipinski definition) is 2. The van der Waals surface area contributed by atoms with E-state index in [1.165, 1.54) is 0 Å². The van der Waals surface area contributed by atoms with Crippen LogP contribution < -0.4 is 5.73 Å². The lowest BCUT2D eigenvalue weighted by Gasteiger charge is -2.16. The maximum atomic E-state index is 12.3. The number of amidine groups is 1. The van der Waals surface area contributed by atoms with E-state index in [1.54, 1.807) is 47.1 Å². The van der Waals surface area contributed by atoms with Crippen LogP contribution in [0.5, 0.6) is 0 Å². The normalized spacial score (nSPS) is 11.4. The zero-order valence-electron chi connectivity index (χ0n) is 11.9. The summed E-state index contributed by atoms with van der Waals surface area (Å²) in [6.07, 6.45) is 3.59. The zero-order valence-corrected chi connectivity index (χ0v) is 11.9. The van der Waals surface area contributed by atoms with Crippen LogP contribution in [0.3, 0.4) is 0 Å². The Morgan fingerprint density at radius 3 is 2.52 bits per heavy atom. The van der Waals surface area contributed by atoms with Gasteiger partial charge in [-0.15, -0.1) is 0 Å². The van der Waals surface area contributed by atoms with Crippen molar-refractivity contribution in [3.8, 4) is 0 Å². The first-order valence-corrected chi connectivity index (χ1v) is 6.32.